The molecule has 1 aliphatic heterocycles. The number of para-hydroxylation sites is 3. The van der Waals surface area contributed by atoms with Crippen molar-refractivity contribution in [3.63, 3.8) is 0 Å². The van der Waals surface area contributed by atoms with Gasteiger partial charge in [-0.05, 0) is 109 Å². The predicted molar refractivity (Wildman–Crippen MR) is 213 cm³/mol. The normalized spacial score (nSPS) is 12.4. The van der Waals surface area contributed by atoms with Crippen LogP contribution in [0, 0.1) is 0 Å². The summed E-state index contributed by atoms with van der Waals surface area (Å²) in [6.45, 7) is 0. The molecular formula is C48H28O2S. The van der Waals surface area contributed by atoms with Crippen LogP contribution in [0.3, 0.4) is 0 Å². The minimum atomic E-state index is 0.881. The Labute approximate surface area is 298 Å². The van der Waals surface area contributed by atoms with Crippen LogP contribution >= 0.6 is 11.8 Å². The van der Waals surface area contributed by atoms with Crippen molar-refractivity contribution in [2.45, 2.75) is 9.79 Å². The fourth-order valence-corrected chi connectivity index (χ4v) is 9.03. The highest BCUT2D eigenvalue weighted by Gasteiger charge is 2.22. The monoisotopic (exact) mass is 668 g/mol. The van der Waals surface area contributed by atoms with Crippen LogP contribution in [0.25, 0.3) is 87.6 Å². The SMILES string of the molecule is c1ccc2c(c1)Oc1cccc(-c3cc(-c4ccc5c6ccccc6c6ccccc6c5c4)cc(-c4cccc5c4oc4ccccc45)c3)c1S2. The van der Waals surface area contributed by atoms with Crippen molar-refractivity contribution in [3.05, 3.63) is 170 Å². The van der Waals surface area contributed by atoms with Gasteiger partial charge in [-0.2, -0.15) is 0 Å². The molecule has 0 aliphatic carbocycles. The van der Waals surface area contributed by atoms with Crippen molar-refractivity contribution in [3.8, 4) is 44.9 Å². The Bertz CT molecular complexity index is 3010. The lowest BCUT2D eigenvalue weighted by Gasteiger charge is -2.22. The summed E-state index contributed by atoms with van der Waals surface area (Å²) in [5, 5.41) is 9.87. The van der Waals surface area contributed by atoms with E-state index in [9.17, 15) is 0 Å². The molecule has 0 amide bonds. The van der Waals surface area contributed by atoms with Gasteiger partial charge in [-0.15, -0.1) is 0 Å². The zero-order valence-electron chi connectivity index (χ0n) is 27.4. The van der Waals surface area contributed by atoms with E-state index >= 15 is 0 Å². The standard InChI is InChI=1S/C48H28O2S/c1-2-13-37-35(11-1)36-12-3-4-14-38(36)42-28-29(23-24-39(37)42)30-25-31(33-16-9-18-41-40-15-5-6-19-43(40)50-47(33)41)27-32(26-30)34-17-10-21-45-48(34)51-46-22-8-7-20-44(46)49-45/h1-28H. The number of fused-ring (bicyclic) bond motifs is 11. The lowest BCUT2D eigenvalue weighted by molar-refractivity contribution is 0.455. The van der Waals surface area contributed by atoms with Gasteiger partial charge in [0.05, 0.1) is 9.79 Å². The van der Waals surface area contributed by atoms with E-state index in [2.05, 4.69) is 152 Å². The van der Waals surface area contributed by atoms with Crippen molar-refractivity contribution < 1.29 is 9.15 Å². The van der Waals surface area contributed by atoms with Crippen molar-refractivity contribution in [1.29, 1.82) is 0 Å². The maximum atomic E-state index is 6.58. The summed E-state index contributed by atoms with van der Waals surface area (Å²) in [4.78, 5) is 2.24. The Morgan fingerprint density at radius 2 is 0.922 bits per heavy atom. The first-order chi connectivity index (χ1) is 25.3. The summed E-state index contributed by atoms with van der Waals surface area (Å²) in [5.41, 5.74) is 8.57. The third-order valence-corrected chi connectivity index (χ3v) is 11.5. The van der Waals surface area contributed by atoms with Crippen LogP contribution in [0.15, 0.2) is 184 Å². The molecule has 1 aromatic heterocycles. The van der Waals surface area contributed by atoms with Crippen molar-refractivity contribution >= 4 is 66.0 Å². The molecule has 0 saturated carbocycles. The molecule has 1 aliphatic rings. The molecule has 238 valence electrons. The van der Waals surface area contributed by atoms with Gasteiger partial charge in [0.1, 0.15) is 22.7 Å². The second kappa shape index (κ2) is 11.1. The molecule has 0 N–H and O–H groups in total. The molecule has 0 radical (unpaired) electrons. The first-order valence-electron chi connectivity index (χ1n) is 17.2. The second-order valence-electron chi connectivity index (χ2n) is 13.2. The lowest BCUT2D eigenvalue weighted by atomic mass is 9.89. The van der Waals surface area contributed by atoms with E-state index in [1.165, 1.54) is 37.9 Å². The maximum absolute atomic E-state index is 6.58. The van der Waals surface area contributed by atoms with Gasteiger partial charge in [0.15, 0.2) is 0 Å². The summed E-state index contributed by atoms with van der Waals surface area (Å²) < 4.78 is 13.0. The third kappa shape index (κ3) is 4.45. The van der Waals surface area contributed by atoms with E-state index in [1.54, 1.807) is 11.8 Å². The molecule has 9 aromatic carbocycles. The van der Waals surface area contributed by atoms with Crippen LogP contribution in [0.5, 0.6) is 11.5 Å². The number of rotatable bonds is 3. The van der Waals surface area contributed by atoms with E-state index in [-0.39, 0.29) is 0 Å². The van der Waals surface area contributed by atoms with Gasteiger partial charge < -0.3 is 9.15 Å². The van der Waals surface area contributed by atoms with E-state index in [4.69, 9.17) is 9.15 Å². The molecule has 11 rings (SSSR count). The number of furan rings is 1. The Balaban J connectivity index is 1.18. The van der Waals surface area contributed by atoms with Gasteiger partial charge in [-0.3, -0.25) is 0 Å². The summed E-state index contributed by atoms with van der Waals surface area (Å²) >= 11 is 1.77. The highest BCUT2D eigenvalue weighted by molar-refractivity contribution is 7.99. The van der Waals surface area contributed by atoms with Gasteiger partial charge in [-0.1, -0.05) is 133 Å². The summed E-state index contributed by atoms with van der Waals surface area (Å²) in [6, 6.07) is 60.9. The van der Waals surface area contributed by atoms with Gasteiger partial charge in [0, 0.05) is 16.3 Å². The minimum Gasteiger partial charge on any atom is -0.455 e. The number of ether oxygens (including phenoxy) is 1. The van der Waals surface area contributed by atoms with E-state index in [0.717, 1.165) is 71.0 Å². The Morgan fingerprint density at radius 1 is 0.353 bits per heavy atom. The molecule has 2 heterocycles. The largest absolute Gasteiger partial charge is 0.455 e. The van der Waals surface area contributed by atoms with Crippen molar-refractivity contribution in [2.75, 3.05) is 0 Å². The average Bonchev–Trinajstić information content (AvgIpc) is 3.58. The van der Waals surface area contributed by atoms with E-state index in [0.29, 0.717) is 0 Å². The topological polar surface area (TPSA) is 22.4 Å². The molecule has 0 saturated heterocycles. The molecule has 51 heavy (non-hydrogen) atoms. The highest BCUT2D eigenvalue weighted by Crippen LogP contribution is 2.51. The van der Waals surface area contributed by atoms with Crippen LogP contribution in [0.2, 0.25) is 0 Å². The minimum absolute atomic E-state index is 0.881. The van der Waals surface area contributed by atoms with Crippen molar-refractivity contribution in [1.82, 2.24) is 0 Å². The van der Waals surface area contributed by atoms with E-state index in [1.807, 2.05) is 18.2 Å². The highest BCUT2D eigenvalue weighted by atomic mass is 32.2. The zero-order valence-corrected chi connectivity index (χ0v) is 28.2. The molecule has 0 spiro atoms. The Morgan fingerprint density at radius 3 is 1.73 bits per heavy atom. The Kier molecular flexibility index (Phi) is 6.22. The lowest BCUT2D eigenvalue weighted by Crippen LogP contribution is -1.97. The van der Waals surface area contributed by atoms with Crippen molar-refractivity contribution in [2.24, 2.45) is 0 Å². The van der Waals surface area contributed by atoms with Gasteiger partial charge in [-0.25, -0.2) is 0 Å². The fraction of sp³-hybridized carbons (Fsp3) is 0. The fourth-order valence-electron chi connectivity index (χ4n) is 7.94. The van der Waals surface area contributed by atoms with Gasteiger partial charge in [0.2, 0.25) is 0 Å². The van der Waals surface area contributed by atoms with Gasteiger partial charge >= 0.3 is 0 Å². The average molecular weight is 669 g/mol. The van der Waals surface area contributed by atoms with Crippen LogP contribution < -0.4 is 4.74 Å². The molecule has 3 heteroatoms. The molecular weight excluding hydrogens is 641 g/mol. The van der Waals surface area contributed by atoms with E-state index < -0.39 is 0 Å². The molecule has 2 nitrogen and oxygen atoms in total. The number of hydrogen-bond donors (Lipinski definition) is 0. The number of benzene rings is 9. The van der Waals surface area contributed by atoms with Crippen LogP contribution in [-0.2, 0) is 0 Å². The summed E-state index contributed by atoms with van der Waals surface area (Å²) in [7, 11) is 0. The summed E-state index contributed by atoms with van der Waals surface area (Å²) in [6.07, 6.45) is 0. The summed E-state index contributed by atoms with van der Waals surface area (Å²) in [5.74, 6) is 1.78. The first-order valence-corrected chi connectivity index (χ1v) is 18.1. The number of hydrogen-bond acceptors (Lipinski definition) is 3. The molecule has 0 fully saturated rings. The first kappa shape index (κ1) is 28.5. The molecule has 10 aromatic rings. The third-order valence-electron chi connectivity index (χ3n) is 10.3. The Hall–Kier alpha value is -6.29. The van der Waals surface area contributed by atoms with Gasteiger partial charge in [0.25, 0.3) is 0 Å². The van der Waals surface area contributed by atoms with Crippen LogP contribution in [-0.4, -0.2) is 0 Å². The predicted octanol–water partition coefficient (Wildman–Crippen LogP) is 14.3. The maximum Gasteiger partial charge on any atom is 0.143 e. The molecule has 0 atom stereocenters. The molecule has 0 bridgehead atoms. The zero-order chi connectivity index (χ0) is 33.5. The second-order valence-corrected chi connectivity index (χ2v) is 14.3. The van der Waals surface area contributed by atoms with Crippen LogP contribution in [0.4, 0.5) is 0 Å². The van der Waals surface area contributed by atoms with Crippen LogP contribution in [0.1, 0.15) is 0 Å². The molecule has 0 unspecified atom stereocenters. The smallest absolute Gasteiger partial charge is 0.143 e. The quantitative estimate of drug-likeness (QED) is 0.175.